The predicted molar refractivity (Wildman–Crippen MR) is 215 cm³/mol. The molecule has 2 unspecified atom stereocenters. The van der Waals surface area contributed by atoms with Crippen molar-refractivity contribution in [3.8, 4) is 0 Å². The van der Waals surface area contributed by atoms with Gasteiger partial charge in [0.1, 0.15) is 31.0 Å². The van der Waals surface area contributed by atoms with Gasteiger partial charge in [-0.1, -0.05) is 153 Å². The third-order valence-electron chi connectivity index (χ3n) is 9.85. The number of rotatable bonds is 35. The van der Waals surface area contributed by atoms with Crippen molar-refractivity contribution in [3.05, 3.63) is 36.5 Å². The number of aliphatic hydroxyl groups is 4. The van der Waals surface area contributed by atoms with Crippen LogP contribution >= 0.6 is 0 Å². The van der Waals surface area contributed by atoms with Crippen molar-refractivity contribution in [2.45, 2.75) is 211 Å². The van der Waals surface area contributed by atoms with E-state index in [0.29, 0.717) is 6.42 Å². The third-order valence-corrected chi connectivity index (χ3v) is 9.85. The molecule has 54 heavy (non-hydrogen) atoms. The van der Waals surface area contributed by atoms with Crippen molar-refractivity contribution in [2.24, 2.45) is 0 Å². The van der Waals surface area contributed by atoms with Crippen LogP contribution in [0, 0.1) is 0 Å². The highest BCUT2D eigenvalue weighted by Crippen LogP contribution is 2.22. The SMILES string of the molecule is CCCCCCC/C=C/CCCCCCCC(=O)O[C@@H](COC(=O)/C=C/C=C/CCCCCCCCCCCCC)CO[C@H]1O[C@@H](CO)[C@@H](O)C(O)C1O. The van der Waals surface area contributed by atoms with Gasteiger partial charge in [0.05, 0.1) is 13.2 Å². The van der Waals surface area contributed by atoms with E-state index in [0.717, 1.165) is 51.4 Å². The fraction of sp³-hybridized carbons (Fsp3) is 0.818. The molecule has 6 atom stereocenters. The van der Waals surface area contributed by atoms with E-state index in [9.17, 15) is 30.0 Å². The monoisotopic (exact) mass is 767 g/mol. The molecule has 0 bridgehead atoms. The Labute approximate surface area is 327 Å². The van der Waals surface area contributed by atoms with Crippen molar-refractivity contribution in [1.82, 2.24) is 0 Å². The van der Waals surface area contributed by atoms with Crippen LogP contribution in [0.2, 0.25) is 0 Å². The molecule has 4 N–H and O–H groups in total. The maximum absolute atomic E-state index is 12.7. The summed E-state index contributed by atoms with van der Waals surface area (Å²) in [6.07, 6.45) is 32.1. The first-order valence-corrected chi connectivity index (χ1v) is 21.6. The number of carbonyl (C=O) groups is 2. The minimum atomic E-state index is -1.61. The second-order valence-electron chi connectivity index (χ2n) is 14.9. The average molecular weight is 767 g/mol. The summed E-state index contributed by atoms with van der Waals surface area (Å²) >= 11 is 0. The van der Waals surface area contributed by atoms with Crippen LogP contribution < -0.4 is 0 Å². The molecular weight excluding hydrogens is 688 g/mol. The van der Waals surface area contributed by atoms with Gasteiger partial charge in [0, 0.05) is 12.5 Å². The molecule has 10 heteroatoms. The van der Waals surface area contributed by atoms with E-state index in [4.69, 9.17) is 18.9 Å². The van der Waals surface area contributed by atoms with Gasteiger partial charge in [-0.2, -0.15) is 0 Å². The van der Waals surface area contributed by atoms with Gasteiger partial charge in [0.15, 0.2) is 12.4 Å². The lowest BCUT2D eigenvalue weighted by Crippen LogP contribution is -2.59. The van der Waals surface area contributed by atoms with Crippen LogP contribution in [0.3, 0.4) is 0 Å². The zero-order valence-corrected chi connectivity index (χ0v) is 34.0. The number of hydrogen-bond acceptors (Lipinski definition) is 10. The zero-order valence-electron chi connectivity index (χ0n) is 34.0. The predicted octanol–water partition coefficient (Wildman–Crippen LogP) is 8.72. The van der Waals surface area contributed by atoms with Gasteiger partial charge >= 0.3 is 11.9 Å². The number of allylic oxidation sites excluding steroid dienone is 5. The summed E-state index contributed by atoms with van der Waals surface area (Å²) in [5, 5.41) is 40.0. The molecule has 0 radical (unpaired) electrons. The fourth-order valence-corrected chi connectivity index (χ4v) is 6.39. The van der Waals surface area contributed by atoms with Gasteiger partial charge in [-0.05, 0) is 44.9 Å². The molecule has 0 aromatic carbocycles. The summed E-state index contributed by atoms with van der Waals surface area (Å²) in [5.41, 5.74) is 0. The lowest BCUT2D eigenvalue weighted by atomic mass is 9.99. The Hall–Kier alpha value is -2.08. The highest BCUT2D eigenvalue weighted by molar-refractivity contribution is 5.82. The van der Waals surface area contributed by atoms with Crippen molar-refractivity contribution < 1.29 is 49.0 Å². The second-order valence-corrected chi connectivity index (χ2v) is 14.9. The van der Waals surface area contributed by atoms with E-state index in [1.165, 1.54) is 102 Å². The highest BCUT2D eigenvalue weighted by atomic mass is 16.7. The molecule has 1 fully saturated rings. The van der Waals surface area contributed by atoms with E-state index in [-0.39, 0.29) is 19.6 Å². The van der Waals surface area contributed by atoms with E-state index >= 15 is 0 Å². The number of unbranched alkanes of at least 4 members (excludes halogenated alkanes) is 21. The third kappa shape index (κ3) is 26.7. The minimum absolute atomic E-state index is 0.201. The zero-order chi connectivity index (χ0) is 39.5. The van der Waals surface area contributed by atoms with Gasteiger partial charge in [-0.25, -0.2) is 4.79 Å². The largest absolute Gasteiger partial charge is 0.458 e. The van der Waals surface area contributed by atoms with Crippen LogP contribution in [0.15, 0.2) is 36.5 Å². The Morgan fingerprint density at radius 2 is 1.11 bits per heavy atom. The first-order valence-electron chi connectivity index (χ1n) is 21.6. The Morgan fingerprint density at radius 3 is 1.65 bits per heavy atom. The molecule has 314 valence electrons. The van der Waals surface area contributed by atoms with Crippen LogP contribution in [0.5, 0.6) is 0 Å². The minimum Gasteiger partial charge on any atom is -0.458 e. The smallest absolute Gasteiger partial charge is 0.330 e. The van der Waals surface area contributed by atoms with Crippen LogP contribution in [-0.4, -0.2) is 89.0 Å². The summed E-state index contributed by atoms with van der Waals surface area (Å²) in [7, 11) is 0. The average Bonchev–Trinajstić information content (AvgIpc) is 3.17. The molecule has 0 spiro atoms. The molecule has 0 amide bonds. The number of hydrogen-bond donors (Lipinski definition) is 4. The van der Waals surface area contributed by atoms with Crippen LogP contribution in [0.1, 0.15) is 174 Å². The van der Waals surface area contributed by atoms with Crippen LogP contribution in [-0.2, 0) is 28.5 Å². The molecule has 1 saturated heterocycles. The van der Waals surface area contributed by atoms with E-state index < -0.39 is 55.4 Å². The van der Waals surface area contributed by atoms with E-state index in [2.05, 4.69) is 26.0 Å². The maximum Gasteiger partial charge on any atom is 0.330 e. The number of aliphatic hydroxyl groups excluding tert-OH is 4. The summed E-state index contributed by atoms with van der Waals surface area (Å²) in [5.74, 6) is -1.07. The first-order chi connectivity index (χ1) is 26.3. The maximum atomic E-state index is 12.7. The van der Waals surface area contributed by atoms with Crippen molar-refractivity contribution in [3.63, 3.8) is 0 Å². The molecule has 0 saturated carbocycles. The van der Waals surface area contributed by atoms with Gasteiger partial charge < -0.3 is 39.4 Å². The van der Waals surface area contributed by atoms with Crippen molar-refractivity contribution >= 4 is 11.9 Å². The van der Waals surface area contributed by atoms with E-state index in [1.807, 2.05) is 12.2 Å². The van der Waals surface area contributed by atoms with E-state index in [1.54, 1.807) is 6.08 Å². The summed E-state index contributed by atoms with van der Waals surface area (Å²) in [4.78, 5) is 25.1. The topological polar surface area (TPSA) is 152 Å². The summed E-state index contributed by atoms with van der Waals surface area (Å²) in [6.45, 7) is 3.28. The summed E-state index contributed by atoms with van der Waals surface area (Å²) in [6, 6.07) is 0. The molecule has 1 heterocycles. The van der Waals surface area contributed by atoms with Gasteiger partial charge in [-0.3, -0.25) is 4.79 Å². The Bertz CT molecular complexity index is 980. The Balaban J connectivity index is 2.41. The lowest BCUT2D eigenvalue weighted by molar-refractivity contribution is -0.305. The first kappa shape index (κ1) is 49.9. The van der Waals surface area contributed by atoms with Crippen LogP contribution in [0.4, 0.5) is 0 Å². The molecule has 0 aliphatic carbocycles. The van der Waals surface area contributed by atoms with Gasteiger partial charge in [0.2, 0.25) is 0 Å². The molecule has 1 rings (SSSR count). The number of ether oxygens (including phenoxy) is 4. The lowest BCUT2D eigenvalue weighted by Gasteiger charge is -2.39. The Morgan fingerprint density at radius 1 is 0.611 bits per heavy atom. The van der Waals surface area contributed by atoms with Gasteiger partial charge in [-0.15, -0.1) is 0 Å². The molecule has 0 aromatic rings. The quantitative estimate of drug-likeness (QED) is 0.0162. The van der Waals surface area contributed by atoms with Crippen molar-refractivity contribution in [2.75, 3.05) is 19.8 Å². The summed E-state index contributed by atoms with van der Waals surface area (Å²) < 4.78 is 21.9. The number of carbonyl (C=O) groups excluding carboxylic acids is 2. The Kier molecular flexibility index (Phi) is 32.7. The molecule has 1 aliphatic rings. The number of esters is 2. The normalized spacial score (nSPS) is 21.0. The standard InChI is InChI=1S/C44H78O10/c1-3-5-7-9-11-13-15-17-19-21-22-24-26-28-30-32-39(46)51-35-37(36-52-44-43(50)42(49)41(48)38(34-45)54-44)53-40(47)33-31-29-27-25-23-20-18-16-14-12-10-8-6-4-2/h16,18,26,28,30,32,37-38,41-45,48-50H,3-15,17,19-25,27,29,31,33-36H2,1-2H3/b18-16+,28-26+,32-30+/t37-,38-,41+,42?,43?,44-/m0/s1. The molecule has 10 nitrogen and oxygen atoms in total. The van der Waals surface area contributed by atoms with Gasteiger partial charge in [0.25, 0.3) is 0 Å². The molecule has 0 aromatic heterocycles. The molecular formula is C44H78O10. The highest BCUT2D eigenvalue weighted by Gasteiger charge is 2.44. The fourth-order valence-electron chi connectivity index (χ4n) is 6.39. The molecule has 1 aliphatic heterocycles. The van der Waals surface area contributed by atoms with Crippen molar-refractivity contribution in [1.29, 1.82) is 0 Å². The van der Waals surface area contributed by atoms with Crippen LogP contribution in [0.25, 0.3) is 0 Å². The second kappa shape index (κ2) is 35.3.